The summed E-state index contributed by atoms with van der Waals surface area (Å²) in [4.78, 5) is 5.40. The van der Waals surface area contributed by atoms with Crippen LogP contribution in [0.3, 0.4) is 0 Å². The molecule has 1 aromatic carbocycles. The van der Waals surface area contributed by atoms with E-state index >= 15 is 0 Å². The fourth-order valence-electron chi connectivity index (χ4n) is 4.13. The van der Waals surface area contributed by atoms with Crippen LogP contribution in [-0.2, 0) is 19.6 Å². The number of hydrogen-bond donors (Lipinski definition) is 1. The van der Waals surface area contributed by atoms with E-state index < -0.39 is 0 Å². The molecule has 3 nitrogen and oxygen atoms in total. The Labute approximate surface area is 121 Å². The second kappa shape index (κ2) is 5.47. The van der Waals surface area contributed by atoms with Gasteiger partial charge in [-0.3, -0.25) is 9.80 Å². The number of hydrogen-bond acceptors (Lipinski definition) is 3. The molecular weight excluding hydrogens is 246 g/mol. The molecule has 2 fully saturated rings. The quantitative estimate of drug-likeness (QED) is 0.887. The van der Waals surface area contributed by atoms with E-state index in [9.17, 15) is 0 Å². The Morgan fingerprint density at radius 3 is 2.95 bits per heavy atom. The van der Waals surface area contributed by atoms with Crippen molar-refractivity contribution in [2.24, 2.45) is 0 Å². The molecule has 3 aliphatic heterocycles. The molecule has 1 unspecified atom stereocenters. The third kappa shape index (κ3) is 2.50. The van der Waals surface area contributed by atoms with Gasteiger partial charge in [0.05, 0.1) is 0 Å². The van der Waals surface area contributed by atoms with Crippen molar-refractivity contribution in [3.8, 4) is 0 Å². The van der Waals surface area contributed by atoms with Crippen LogP contribution < -0.4 is 5.32 Å². The molecule has 4 rings (SSSR count). The molecule has 0 bridgehead atoms. The third-order valence-corrected chi connectivity index (χ3v) is 5.20. The normalized spacial score (nSPS) is 27.3. The SMILES string of the molecule is c1cc2c(cc1CN1CCCN3CCCC3C1)CNC2. The Balaban J connectivity index is 1.45. The van der Waals surface area contributed by atoms with E-state index in [4.69, 9.17) is 0 Å². The highest BCUT2D eigenvalue weighted by Crippen LogP contribution is 2.23. The van der Waals surface area contributed by atoms with Crippen LogP contribution >= 0.6 is 0 Å². The lowest BCUT2D eigenvalue weighted by molar-refractivity contribution is 0.215. The Kier molecular flexibility index (Phi) is 3.51. The molecule has 0 radical (unpaired) electrons. The molecular formula is C17H25N3. The molecule has 0 saturated carbocycles. The Hall–Kier alpha value is -0.900. The van der Waals surface area contributed by atoms with Gasteiger partial charge in [0.15, 0.2) is 0 Å². The summed E-state index contributed by atoms with van der Waals surface area (Å²) in [6.07, 6.45) is 4.15. The van der Waals surface area contributed by atoms with Crippen LogP contribution in [0, 0.1) is 0 Å². The van der Waals surface area contributed by atoms with Crippen LogP contribution in [0.1, 0.15) is 36.0 Å². The molecule has 108 valence electrons. The average Bonchev–Trinajstić information content (AvgIpc) is 3.04. The van der Waals surface area contributed by atoms with Crippen molar-refractivity contribution >= 4 is 0 Å². The van der Waals surface area contributed by atoms with Crippen molar-refractivity contribution in [3.63, 3.8) is 0 Å². The molecule has 2 saturated heterocycles. The van der Waals surface area contributed by atoms with Crippen LogP contribution in [0.5, 0.6) is 0 Å². The maximum Gasteiger partial charge on any atom is 0.0234 e. The Morgan fingerprint density at radius 2 is 1.95 bits per heavy atom. The van der Waals surface area contributed by atoms with Gasteiger partial charge in [0.1, 0.15) is 0 Å². The van der Waals surface area contributed by atoms with Gasteiger partial charge in [0.25, 0.3) is 0 Å². The third-order valence-electron chi connectivity index (χ3n) is 5.20. The zero-order valence-corrected chi connectivity index (χ0v) is 12.3. The molecule has 1 N–H and O–H groups in total. The average molecular weight is 271 g/mol. The van der Waals surface area contributed by atoms with E-state index in [0.717, 1.165) is 25.7 Å². The van der Waals surface area contributed by atoms with Gasteiger partial charge < -0.3 is 5.32 Å². The van der Waals surface area contributed by atoms with E-state index in [2.05, 4.69) is 33.3 Å². The summed E-state index contributed by atoms with van der Waals surface area (Å²) in [7, 11) is 0. The van der Waals surface area contributed by atoms with Gasteiger partial charge >= 0.3 is 0 Å². The first-order valence-corrected chi connectivity index (χ1v) is 8.16. The van der Waals surface area contributed by atoms with Crippen LogP contribution in [0.15, 0.2) is 18.2 Å². The highest BCUT2D eigenvalue weighted by molar-refractivity contribution is 5.34. The summed E-state index contributed by atoms with van der Waals surface area (Å²) in [5, 5.41) is 3.44. The summed E-state index contributed by atoms with van der Waals surface area (Å²) in [5.74, 6) is 0. The molecule has 3 heterocycles. The lowest BCUT2D eigenvalue weighted by Gasteiger charge is -2.25. The first-order chi connectivity index (χ1) is 9.88. The van der Waals surface area contributed by atoms with Gasteiger partial charge in [-0.25, -0.2) is 0 Å². The number of nitrogens with one attached hydrogen (secondary N) is 1. The Bertz CT molecular complexity index is 485. The molecule has 0 aliphatic carbocycles. The molecule has 0 amide bonds. The van der Waals surface area contributed by atoms with Crippen molar-refractivity contribution in [1.29, 1.82) is 0 Å². The van der Waals surface area contributed by atoms with Crippen molar-refractivity contribution < 1.29 is 0 Å². The monoisotopic (exact) mass is 271 g/mol. The summed E-state index contributed by atoms with van der Waals surface area (Å²) >= 11 is 0. The van der Waals surface area contributed by atoms with Crippen molar-refractivity contribution in [2.45, 2.75) is 44.9 Å². The molecule has 1 aromatic rings. The predicted molar refractivity (Wildman–Crippen MR) is 81.5 cm³/mol. The maximum atomic E-state index is 3.44. The van der Waals surface area contributed by atoms with E-state index in [1.165, 1.54) is 62.1 Å². The summed E-state index contributed by atoms with van der Waals surface area (Å²) < 4.78 is 0. The highest BCUT2D eigenvalue weighted by atomic mass is 15.3. The fraction of sp³-hybridized carbons (Fsp3) is 0.647. The largest absolute Gasteiger partial charge is 0.309 e. The minimum atomic E-state index is 0.827. The van der Waals surface area contributed by atoms with Crippen molar-refractivity contribution in [1.82, 2.24) is 15.1 Å². The second-order valence-electron chi connectivity index (χ2n) is 6.63. The van der Waals surface area contributed by atoms with Gasteiger partial charge in [-0.05, 0) is 55.6 Å². The van der Waals surface area contributed by atoms with Gasteiger partial charge in [-0.1, -0.05) is 18.2 Å². The molecule has 0 aromatic heterocycles. The first-order valence-electron chi connectivity index (χ1n) is 8.16. The molecule has 3 aliphatic rings. The first kappa shape index (κ1) is 12.8. The summed E-state index contributed by atoms with van der Waals surface area (Å²) in [6, 6.07) is 7.91. The smallest absolute Gasteiger partial charge is 0.0234 e. The van der Waals surface area contributed by atoms with E-state index in [1.54, 1.807) is 0 Å². The minimum Gasteiger partial charge on any atom is -0.309 e. The molecule has 3 heteroatoms. The molecule has 20 heavy (non-hydrogen) atoms. The van der Waals surface area contributed by atoms with Crippen LogP contribution in [-0.4, -0.2) is 42.0 Å². The van der Waals surface area contributed by atoms with Gasteiger partial charge in [-0.2, -0.15) is 0 Å². The van der Waals surface area contributed by atoms with Crippen LogP contribution in [0.4, 0.5) is 0 Å². The van der Waals surface area contributed by atoms with Gasteiger partial charge in [0, 0.05) is 32.2 Å². The fourth-order valence-corrected chi connectivity index (χ4v) is 4.13. The zero-order chi connectivity index (χ0) is 13.4. The van der Waals surface area contributed by atoms with E-state index in [0.29, 0.717) is 0 Å². The molecule has 1 atom stereocenters. The number of rotatable bonds is 2. The lowest BCUT2D eigenvalue weighted by Crippen LogP contribution is -2.36. The predicted octanol–water partition coefficient (Wildman–Crippen LogP) is 1.96. The zero-order valence-electron chi connectivity index (χ0n) is 12.3. The van der Waals surface area contributed by atoms with Gasteiger partial charge in [0.2, 0.25) is 0 Å². The van der Waals surface area contributed by atoms with Crippen LogP contribution in [0.25, 0.3) is 0 Å². The van der Waals surface area contributed by atoms with E-state index in [-0.39, 0.29) is 0 Å². The standard InChI is InChI=1S/C17H25N3/c1-3-17-13-19(6-2-8-20(17)7-1)12-14-4-5-15-10-18-11-16(15)9-14/h4-5,9,17-18H,1-3,6-8,10-13H2. The van der Waals surface area contributed by atoms with Gasteiger partial charge in [-0.15, -0.1) is 0 Å². The van der Waals surface area contributed by atoms with E-state index in [1.807, 2.05) is 0 Å². The lowest BCUT2D eigenvalue weighted by atomic mass is 10.1. The summed E-state index contributed by atoms with van der Waals surface area (Å²) in [5.41, 5.74) is 4.50. The van der Waals surface area contributed by atoms with Crippen molar-refractivity contribution in [3.05, 3.63) is 34.9 Å². The Morgan fingerprint density at radius 1 is 1.05 bits per heavy atom. The molecule has 0 spiro atoms. The van der Waals surface area contributed by atoms with Crippen LogP contribution in [0.2, 0.25) is 0 Å². The number of benzene rings is 1. The topological polar surface area (TPSA) is 18.5 Å². The minimum absolute atomic E-state index is 0.827. The summed E-state index contributed by atoms with van der Waals surface area (Å²) in [6.45, 7) is 8.43. The number of nitrogens with zero attached hydrogens (tertiary/aromatic N) is 2. The van der Waals surface area contributed by atoms with Crippen molar-refractivity contribution in [2.75, 3.05) is 26.2 Å². The highest BCUT2D eigenvalue weighted by Gasteiger charge is 2.28. The maximum absolute atomic E-state index is 3.44. The second-order valence-corrected chi connectivity index (χ2v) is 6.63. The number of fused-ring (bicyclic) bond motifs is 2.